The molecule has 1 heterocycles. The van der Waals surface area contributed by atoms with Crippen molar-refractivity contribution in [3.8, 4) is 0 Å². The van der Waals surface area contributed by atoms with Gasteiger partial charge in [0.05, 0.1) is 13.0 Å². The van der Waals surface area contributed by atoms with Crippen LogP contribution in [0.5, 0.6) is 0 Å². The van der Waals surface area contributed by atoms with E-state index in [-0.39, 0.29) is 11.7 Å². The van der Waals surface area contributed by atoms with Crippen LogP contribution in [-0.4, -0.2) is 24.3 Å². The summed E-state index contributed by atoms with van der Waals surface area (Å²) in [6.07, 6.45) is 2.56. The van der Waals surface area contributed by atoms with Crippen molar-refractivity contribution in [2.24, 2.45) is 5.92 Å². The summed E-state index contributed by atoms with van der Waals surface area (Å²) in [7, 11) is 1.49. The van der Waals surface area contributed by atoms with Crippen molar-refractivity contribution in [3.05, 3.63) is 23.7 Å². The molecule has 0 aromatic heterocycles. The van der Waals surface area contributed by atoms with Crippen LogP contribution in [0.15, 0.2) is 23.7 Å². The molecule has 4 nitrogen and oxygen atoms in total. The van der Waals surface area contributed by atoms with Crippen molar-refractivity contribution < 1.29 is 19.4 Å². The van der Waals surface area contributed by atoms with Gasteiger partial charge in [0.1, 0.15) is 11.5 Å². The molecule has 2 aliphatic rings. The van der Waals surface area contributed by atoms with Gasteiger partial charge >= 0.3 is 0 Å². The highest BCUT2D eigenvalue weighted by Gasteiger charge is 2.36. The van der Waals surface area contributed by atoms with Crippen molar-refractivity contribution in [2.75, 3.05) is 7.11 Å². The van der Waals surface area contributed by atoms with Crippen molar-refractivity contribution in [1.82, 2.24) is 0 Å². The molecule has 0 bridgehead atoms. The lowest BCUT2D eigenvalue weighted by Gasteiger charge is -2.12. The van der Waals surface area contributed by atoms with Gasteiger partial charge in [0.2, 0.25) is 0 Å². The van der Waals surface area contributed by atoms with E-state index in [1.807, 2.05) is 0 Å². The average molecular weight is 182 g/mol. The summed E-state index contributed by atoms with van der Waals surface area (Å²) in [5, 5.41) is 9.16. The Bertz CT molecular complexity index is 303. The van der Waals surface area contributed by atoms with Crippen LogP contribution < -0.4 is 0 Å². The van der Waals surface area contributed by atoms with Crippen molar-refractivity contribution in [2.45, 2.75) is 12.7 Å². The molecule has 1 saturated heterocycles. The van der Waals surface area contributed by atoms with Crippen LogP contribution in [0.2, 0.25) is 0 Å². The van der Waals surface area contributed by atoms with E-state index in [0.29, 0.717) is 17.9 Å². The van der Waals surface area contributed by atoms with Crippen LogP contribution in [0, 0.1) is 5.92 Å². The van der Waals surface area contributed by atoms with Crippen LogP contribution in [-0.2, 0) is 14.3 Å². The van der Waals surface area contributed by atoms with Gasteiger partial charge in [-0.1, -0.05) is 0 Å². The first-order chi connectivity index (χ1) is 6.20. The number of ether oxygens (including phenoxy) is 2. The third-order valence-electron chi connectivity index (χ3n) is 2.20. The van der Waals surface area contributed by atoms with E-state index < -0.39 is 6.29 Å². The van der Waals surface area contributed by atoms with Crippen LogP contribution in [0.1, 0.15) is 6.42 Å². The second-order valence-corrected chi connectivity index (χ2v) is 3.06. The van der Waals surface area contributed by atoms with E-state index in [1.165, 1.54) is 13.2 Å². The van der Waals surface area contributed by atoms with Crippen LogP contribution >= 0.6 is 0 Å². The lowest BCUT2D eigenvalue weighted by Crippen LogP contribution is -2.15. The minimum Gasteiger partial charge on any atom is -0.497 e. The molecule has 0 amide bonds. The maximum absolute atomic E-state index is 11.4. The van der Waals surface area contributed by atoms with Gasteiger partial charge in [-0.2, -0.15) is 0 Å². The quantitative estimate of drug-likeness (QED) is 0.635. The van der Waals surface area contributed by atoms with E-state index in [2.05, 4.69) is 0 Å². The Morgan fingerprint density at radius 2 is 2.38 bits per heavy atom. The second kappa shape index (κ2) is 2.88. The highest BCUT2D eigenvalue weighted by atomic mass is 16.6. The van der Waals surface area contributed by atoms with Gasteiger partial charge in [-0.3, -0.25) is 4.79 Å². The number of methoxy groups -OCH3 is 1. The van der Waals surface area contributed by atoms with Crippen molar-refractivity contribution in [1.29, 1.82) is 0 Å². The molecule has 1 N–H and O–H groups in total. The highest BCUT2D eigenvalue weighted by Crippen LogP contribution is 2.33. The molecule has 0 aromatic carbocycles. The van der Waals surface area contributed by atoms with Crippen LogP contribution in [0.3, 0.4) is 0 Å². The van der Waals surface area contributed by atoms with Gasteiger partial charge in [0.25, 0.3) is 0 Å². The van der Waals surface area contributed by atoms with E-state index in [9.17, 15) is 4.79 Å². The Kier molecular flexibility index (Phi) is 1.84. The fourth-order valence-corrected chi connectivity index (χ4v) is 1.54. The van der Waals surface area contributed by atoms with Gasteiger partial charge < -0.3 is 14.6 Å². The lowest BCUT2D eigenvalue weighted by atomic mass is 9.95. The third-order valence-corrected chi connectivity index (χ3v) is 2.20. The molecule has 4 heteroatoms. The van der Waals surface area contributed by atoms with E-state index in [1.54, 1.807) is 6.08 Å². The molecule has 2 rings (SSSR count). The first kappa shape index (κ1) is 8.31. The Morgan fingerprint density at radius 3 is 3.08 bits per heavy atom. The van der Waals surface area contributed by atoms with E-state index in [0.717, 1.165) is 0 Å². The Hall–Kier alpha value is -1.29. The van der Waals surface area contributed by atoms with E-state index >= 15 is 0 Å². The van der Waals surface area contributed by atoms with Crippen LogP contribution in [0.25, 0.3) is 0 Å². The largest absolute Gasteiger partial charge is 0.497 e. The van der Waals surface area contributed by atoms with Crippen LogP contribution in [0.4, 0.5) is 0 Å². The number of aliphatic hydroxyl groups excluding tert-OH is 1. The van der Waals surface area contributed by atoms with Gasteiger partial charge in [0.15, 0.2) is 12.1 Å². The van der Waals surface area contributed by atoms with Gasteiger partial charge in [-0.15, -0.1) is 0 Å². The zero-order valence-electron chi connectivity index (χ0n) is 7.19. The average Bonchev–Trinajstić information content (AvgIpc) is 2.46. The summed E-state index contributed by atoms with van der Waals surface area (Å²) in [6, 6.07) is 0. The zero-order chi connectivity index (χ0) is 9.42. The molecule has 1 aliphatic carbocycles. The Balaban J connectivity index is 2.28. The molecule has 13 heavy (non-hydrogen) atoms. The number of aliphatic hydroxyl groups is 1. The minimum atomic E-state index is -0.857. The van der Waals surface area contributed by atoms with Gasteiger partial charge in [-0.25, -0.2) is 0 Å². The van der Waals surface area contributed by atoms with Gasteiger partial charge in [-0.05, 0) is 0 Å². The third kappa shape index (κ3) is 1.33. The number of hydrogen-bond donors (Lipinski definition) is 1. The summed E-state index contributed by atoms with van der Waals surface area (Å²) in [6.45, 7) is 0. The molecule has 0 saturated carbocycles. The molecule has 2 atom stereocenters. The molecule has 70 valence electrons. The molecule has 1 fully saturated rings. The van der Waals surface area contributed by atoms with Gasteiger partial charge in [0, 0.05) is 18.6 Å². The summed E-state index contributed by atoms with van der Waals surface area (Å²) in [5.41, 5.74) is 0. The molecular formula is C9H10O4. The predicted octanol–water partition coefficient (Wildman–Crippen LogP) is 0.338. The molecule has 1 aliphatic heterocycles. The fraction of sp³-hybridized carbons (Fsp3) is 0.444. The molecule has 2 unspecified atom stereocenters. The highest BCUT2D eigenvalue weighted by molar-refractivity contribution is 5.95. The number of fused-ring (bicyclic) bond motifs is 1. The SMILES string of the molecule is COC1=CC(=O)C2CC(O)OC2=C1. The number of carbonyl (C=O) groups is 1. The number of ketones is 1. The summed E-state index contributed by atoms with van der Waals surface area (Å²) in [4.78, 5) is 11.4. The minimum absolute atomic E-state index is 0.0640. The standard InChI is InChI=1S/C9H10O4/c1-12-5-2-7(10)6-4-9(11)13-8(6)3-5/h2-3,6,9,11H,4H2,1H3. The summed E-state index contributed by atoms with van der Waals surface area (Å²) in [5.74, 6) is 0.613. The maximum atomic E-state index is 11.4. The van der Waals surface area contributed by atoms with Crippen molar-refractivity contribution >= 4 is 5.78 Å². The smallest absolute Gasteiger partial charge is 0.198 e. The molecular weight excluding hydrogens is 172 g/mol. The summed E-state index contributed by atoms with van der Waals surface area (Å²) >= 11 is 0. The maximum Gasteiger partial charge on any atom is 0.198 e. The monoisotopic (exact) mass is 182 g/mol. The topological polar surface area (TPSA) is 55.8 Å². The summed E-state index contributed by atoms with van der Waals surface area (Å²) < 4.78 is 9.95. The van der Waals surface area contributed by atoms with Crippen molar-refractivity contribution in [3.63, 3.8) is 0 Å². The normalized spacial score (nSPS) is 31.7. The molecule has 0 radical (unpaired) electrons. The fourth-order valence-electron chi connectivity index (χ4n) is 1.54. The Labute approximate surface area is 75.5 Å². The lowest BCUT2D eigenvalue weighted by molar-refractivity contribution is -0.117. The molecule has 0 aromatic rings. The number of carbonyl (C=O) groups excluding carboxylic acids is 1. The zero-order valence-corrected chi connectivity index (χ0v) is 7.19. The predicted molar refractivity (Wildman–Crippen MR) is 43.4 cm³/mol. The number of allylic oxidation sites excluding steroid dienone is 3. The first-order valence-electron chi connectivity index (χ1n) is 4.06. The second-order valence-electron chi connectivity index (χ2n) is 3.06. The van der Waals surface area contributed by atoms with E-state index in [4.69, 9.17) is 14.6 Å². The number of hydrogen-bond acceptors (Lipinski definition) is 4. The molecule has 0 spiro atoms. The number of rotatable bonds is 1. The first-order valence-corrected chi connectivity index (χ1v) is 4.06. The Morgan fingerprint density at radius 1 is 1.62 bits per heavy atom.